The molecule has 1 aliphatic carbocycles. The van der Waals surface area contributed by atoms with Crippen molar-refractivity contribution in [3.05, 3.63) is 45.9 Å². The maximum absolute atomic E-state index is 12.1. The fourth-order valence-electron chi connectivity index (χ4n) is 3.06. The minimum atomic E-state index is -0.778. The third-order valence-corrected chi connectivity index (χ3v) is 5.34. The van der Waals surface area contributed by atoms with Gasteiger partial charge in [0.1, 0.15) is 17.4 Å². The Morgan fingerprint density at radius 2 is 2.08 bits per heavy atom. The molecule has 7 heteroatoms. The van der Waals surface area contributed by atoms with E-state index in [9.17, 15) is 9.59 Å². The van der Waals surface area contributed by atoms with E-state index in [0.29, 0.717) is 25.1 Å². The second kappa shape index (κ2) is 8.31. The van der Waals surface area contributed by atoms with Crippen LogP contribution in [0.1, 0.15) is 35.5 Å². The summed E-state index contributed by atoms with van der Waals surface area (Å²) in [6.07, 6.45) is 2.05. The van der Waals surface area contributed by atoms with E-state index in [1.165, 1.54) is 16.9 Å². The number of hydrogen-bond donors (Lipinski definition) is 2. The first-order chi connectivity index (χ1) is 12.5. The minimum absolute atomic E-state index is 0.0495. The van der Waals surface area contributed by atoms with Gasteiger partial charge in [-0.3, -0.25) is 9.59 Å². The van der Waals surface area contributed by atoms with Gasteiger partial charge in [0.25, 0.3) is 0 Å². The second-order valence-electron chi connectivity index (χ2n) is 6.62. The number of amides is 1. The number of benzene rings is 1. The zero-order chi connectivity index (χ0) is 18.5. The van der Waals surface area contributed by atoms with Gasteiger partial charge < -0.3 is 15.2 Å². The number of aromatic nitrogens is 1. The Balaban J connectivity index is 1.45. The lowest BCUT2D eigenvalue weighted by Crippen LogP contribution is -2.34. The average molecular weight is 374 g/mol. The Morgan fingerprint density at radius 3 is 2.77 bits per heavy atom. The highest BCUT2D eigenvalue weighted by Gasteiger charge is 2.30. The van der Waals surface area contributed by atoms with Crippen molar-refractivity contribution in [1.82, 2.24) is 10.3 Å². The zero-order valence-corrected chi connectivity index (χ0v) is 15.4. The first-order valence-electron chi connectivity index (χ1n) is 8.64. The maximum atomic E-state index is 12.1. The lowest BCUT2D eigenvalue weighted by atomic mass is 10.1. The fraction of sp³-hybridized carbons (Fsp3) is 0.421. The number of carbonyl (C=O) groups is 2. The van der Waals surface area contributed by atoms with Crippen LogP contribution in [0.4, 0.5) is 0 Å². The third kappa shape index (κ3) is 5.05. The Bertz CT molecular complexity index is 772. The normalized spacial score (nSPS) is 19.3. The molecule has 2 N–H and O–H groups in total. The predicted molar refractivity (Wildman–Crippen MR) is 98.2 cm³/mol. The van der Waals surface area contributed by atoms with Gasteiger partial charge in [0.15, 0.2) is 0 Å². The molecule has 26 heavy (non-hydrogen) atoms. The van der Waals surface area contributed by atoms with Crippen LogP contribution in [-0.2, 0) is 22.6 Å². The molecule has 1 fully saturated rings. The van der Waals surface area contributed by atoms with Gasteiger partial charge in [-0.15, -0.1) is 11.3 Å². The van der Waals surface area contributed by atoms with Crippen molar-refractivity contribution in [1.29, 1.82) is 0 Å². The average Bonchev–Trinajstić information content (AvgIpc) is 3.24. The number of nitrogens with zero attached hydrogens (tertiary/aromatic N) is 1. The van der Waals surface area contributed by atoms with Crippen LogP contribution in [0, 0.1) is 12.8 Å². The van der Waals surface area contributed by atoms with E-state index < -0.39 is 5.97 Å². The van der Waals surface area contributed by atoms with Crippen molar-refractivity contribution >= 4 is 23.2 Å². The fourth-order valence-corrected chi connectivity index (χ4v) is 3.76. The number of carbonyl (C=O) groups excluding carboxylic acids is 1. The molecule has 1 amide bonds. The van der Waals surface area contributed by atoms with Crippen LogP contribution >= 0.6 is 11.3 Å². The predicted octanol–water partition coefficient (Wildman–Crippen LogP) is 2.94. The standard InChI is InChI=1S/C19H22N2O4S/c1-12-2-6-16(7-3-12)25-10-18-21-15(11-26-18)9-17(22)20-14-5-4-13(8-14)19(23)24/h2-3,6-7,11,13-14H,4-5,8-10H2,1H3,(H,20,22)(H,23,24)/t13-,14+/m1/s1. The molecule has 1 heterocycles. The topological polar surface area (TPSA) is 88.5 Å². The van der Waals surface area contributed by atoms with Gasteiger partial charge in [-0.2, -0.15) is 0 Å². The number of carboxylic acids is 1. The Hall–Kier alpha value is -2.41. The number of rotatable bonds is 7. The molecule has 1 aromatic carbocycles. The van der Waals surface area contributed by atoms with Gasteiger partial charge in [0.05, 0.1) is 18.0 Å². The maximum Gasteiger partial charge on any atom is 0.306 e. The summed E-state index contributed by atoms with van der Waals surface area (Å²) in [5.74, 6) is -0.443. The van der Waals surface area contributed by atoms with Gasteiger partial charge in [0, 0.05) is 11.4 Å². The highest BCUT2D eigenvalue weighted by atomic mass is 32.1. The zero-order valence-electron chi connectivity index (χ0n) is 14.6. The minimum Gasteiger partial charge on any atom is -0.486 e. The van der Waals surface area contributed by atoms with Gasteiger partial charge in [-0.05, 0) is 38.3 Å². The number of hydrogen-bond acceptors (Lipinski definition) is 5. The van der Waals surface area contributed by atoms with Crippen molar-refractivity contribution in [2.45, 2.75) is 45.3 Å². The van der Waals surface area contributed by atoms with Crippen LogP contribution in [0.15, 0.2) is 29.6 Å². The summed E-state index contributed by atoms with van der Waals surface area (Å²) in [4.78, 5) is 27.6. The quantitative estimate of drug-likeness (QED) is 0.778. The number of nitrogens with one attached hydrogen (secondary N) is 1. The number of aliphatic carboxylic acids is 1. The van der Waals surface area contributed by atoms with Crippen LogP contribution in [0.5, 0.6) is 5.75 Å². The molecule has 0 bridgehead atoms. The molecular formula is C19H22N2O4S. The molecule has 0 saturated heterocycles. The molecule has 1 saturated carbocycles. The van der Waals surface area contributed by atoms with Crippen molar-refractivity contribution in [2.24, 2.45) is 5.92 Å². The summed E-state index contributed by atoms with van der Waals surface area (Å²) < 4.78 is 5.70. The molecule has 2 aromatic rings. The summed E-state index contributed by atoms with van der Waals surface area (Å²) in [6, 6.07) is 7.77. The molecule has 138 valence electrons. The first-order valence-corrected chi connectivity index (χ1v) is 9.52. The first kappa shape index (κ1) is 18.4. The van der Waals surface area contributed by atoms with Crippen LogP contribution in [0.2, 0.25) is 0 Å². The monoisotopic (exact) mass is 374 g/mol. The van der Waals surface area contributed by atoms with Crippen LogP contribution in [0.3, 0.4) is 0 Å². The molecule has 1 aliphatic rings. The number of carboxylic acid groups (broad SMARTS) is 1. The van der Waals surface area contributed by atoms with E-state index in [-0.39, 0.29) is 24.3 Å². The van der Waals surface area contributed by atoms with Crippen LogP contribution in [0.25, 0.3) is 0 Å². The molecule has 0 unspecified atom stereocenters. The second-order valence-corrected chi connectivity index (χ2v) is 7.57. The summed E-state index contributed by atoms with van der Waals surface area (Å²) in [7, 11) is 0. The molecular weight excluding hydrogens is 352 g/mol. The lowest BCUT2D eigenvalue weighted by Gasteiger charge is -2.11. The lowest BCUT2D eigenvalue weighted by molar-refractivity contribution is -0.141. The number of ether oxygens (including phenoxy) is 1. The van der Waals surface area contributed by atoms with Gasteiger partial charge in [-0.25, -0.2) is 4.98 Å². The SMILES string of the molecule is Cc1ccc(OCc2nc(CC(=O)N[C@H]3CC[C@@H](C(=O)O)C3)cs2)cc1. The van der Waals surface area contributed by atoms with Crippen LogP contribution in [-0.4, -0.2) is 28.0 Å². The van der Waals surface area contributed by atoms with E-state index in [0.717, 1.165) is 17.2 Å². The van der Waals surface area contributed by atoms with E-state index in [4.69, 9.17) is 9.84 Å². The smallest absolute Gasteiger partial charge is 0.306 e. The van der Waals surface area contributed by atoms with Crippen molar-refractivity contribution < 1.29 is 19.4 Å². The Morgan fingerprint density at radius 1 is 1.31 bits per heavy atom. The summed E-state index contributed by atoms with van der Waals surface area (Å²) in [6.45, 7) is 2.40. The van der Waals surface area contributed by atoms with E-state index in [1.54, 1.807) is 0 Å². The van der Waals surface area contributed by atoms with E-state index >= 15 is 0 Å². The van der Waals surface area contributed by atoms with Crippen molar-refractivity contribution in [3.63, 3.8) is 0 Å². The number of thiazole rings is 1. The van der Waals surface area contributed by atoms with E-state index in [1.807, 2.05) is 36.6 Å². The van der Waals surface area contributed by atoms with Crippen LogP contribution < -0.4 is 10.1 Å². The molecule has 0 aliphatic heterocycles. The number of aryl methyl sites for hydroxylation is 1. The van der Waals surface area contributed by atoms with Crippen molar-refractivity contribution in [3.8, 4) is 5.75 Å². The Kier molecular flexibility index (Phi) is 5.88. The molecule has 3 rings (SSSR count). The molecule has 1 aromatic heterocycles. The summed E-state index contributed by atoms with van der Waals surface area (Å²) in [5, 5.41) is 14.6. The Labute approximate surface area is 156 Å². The molecule has 2 atom stereocenters. The molecule has 6 nitrogen and oxygen atoms in total. The summed E-state index contributed by atoms with van der Waals surface area (Å²) >= 11 is 1.47. The van der Waals surface area contributed by atoms with Crippen molar-refractivity contribution in [2.75, 3.05) is 0 Å². The third-order valence-electron chi connectivity index (χ3n) is 4.47. The van der Waals surface area contributed by atoms with Gasteiger partial charge in [0.2, 0.25) is 5.91 Å². The van der Waals surface area contributed by atoms with E-state index in [2.05, 4.69) is 10.3 Å². The van der Waals surface area contributed by atoms with Gasteiger partial charge >= 0.3 is 5.97 Å². The highest BCUT2D eigenvalue weighted by Crippen LogP contribution is 2.25. The molecule has 0 spiro atoms. The molecule has 0 radical (unpaired) electrons. The van der Waals surface area contributed by atoms with Gasteiger partial charge in [-0.1, -0.05) is 17.7 Å². The largest absolute Gasteiger partial charge is 0.486 e. The summed E-state index contributed by atoms with van der Waals surface area (Å²) in [5.41, 5.74) is 1.89. The highest BCUT2D eigenvalue weighted by molar-refractivity contribution is 7.09.